The summed E-state index contributed by atoms with van der Waals surface area (Å²) in [6.45, 7) is 6.57. The predicted octanol–water partition coefficient (Wildman–Crippen LogP) is 1.80. The van der Waals surface area contributed by atoms with Gasteiger partial charge in [-0.05, 0) is 39.3 Å². The Morgan fingerprint density at radius 3 is 2.60 bits per heavy atom. The maximum absolute atomic E-state index is 11.9. The number of hydrogen-bond acceptors (Lipinski definition) is 5. The second kappa shape index (κ2) is 6.85. The molecular weight excluding hydrogens is 278 g/mol. The van der Waals surface area contributed by atoms with Crippen LogP contribution in [0.5, 0.6) is 0 Å². The number of nitrogens with one attached hydrogen (secondary N) is 1. The molecule has 0 spiro atoms. The summed E-state index contributed by atoms with van der Waals surface area (Å²) >= 11 is 1.52. The first-order chi connectivity index (χ1) is 9.22. The molecule has 0 aliphatic carbocycles. The van der Waals surface area contributed by atoms with Crippen LogP contribution in [0.2, 0.25) is 0 Å². The fraction of sp³-hybridized carbons (Fsp3) is 0.571. The van der Waals surface area contributed by atoms with Crippen LogP contribution in [0.15, 0.2) is 12.1 Å². The van der Waals surface area contributed by atoms with Gasteiger partial charge in [-0.2, -0.15) is 0 Å². The molecule has 6 heteroatoms. The standard InChI is InChI=1S/C14H21NO4S/c1-9(16)12-6-5-11(20-12)7-8-15-13(18)14(3,4)19-10(2)17/h5-6,9,16H,7-8H2,1-4H3,(H,15,18)/t9-/m0/s1. The third-order valence-corrected chi connectivity index (χ3v) is 4.01. The van der Waals surface area contributed by atoms with E-state index in [0.717, 1.165) is 9.75 Å². The van der Waals surface area contributed by atoms with Gasteiger partial charge in [0.1, 0.15) is 0 Å². The molecule has 0 unspecified atom stereocenters. The van der Waals surface area contributed by atoms with Gasteiger partial charge in [-0.1, -0.05) is 0 Å². The van der Waals surface area contributed by atoms with Crippen molar-refractivity contribution in [1.82, 2.24) is 5.32 Å². The fourth-order valence-corrected chi connectivity index (χ4v) is 2.62. The van der Waals surface area contributed by atoms with Crippen molar-refractivity contribution in [3.8, 4) is 0 Å². The van der Waals surface area contributed by atoms with Crippen molar-refractivity contribution in [2.45, 2.75) is 45.8 Å². The van der Waals surface area contributed by atoms with Gasteiger partial charge >= 0.3 is 5.97 Å². The van der Waals surface area contributed by atoms with Crippen LogP contribution in [0.3, 0.4) is 0 Å². The number of hydrogen-bond donors (Lipinski definition) is 2. The molecule has 0 saturated heterocycles. The predicted molar refractivity (Wildman–Crippen MR) is 77.5 cm³/mol. The molecule has 1 amide bonds. The molecule has 0 aliphatic rings. The van der Waals surface area contributed by atoms with E-state index < -0.39 is 17.7 Å². The second-order valence-corrected chi connectivity index (χ2v) is 6.29. The van der Waals surface area contributed by atoms with E-state index in [1.807, 2.05) is 12.1 Å². The minimum Gasteiger partial charge on any atom is -0.450 e. The molecule has 0 aliphatic heterocycles. The number of amides is 1. The number of ether oxygens (including phenoxy) is 1. The van der Waals surface area contributed by atoms with E-state index in [4.69, 9.17) is 4.74 Å². The van der Waals surface area contributed by atoms with Crippen LogP contribution in [0, 0.1) is 0 Å². The Morgan fingerprint density at radius 1 is 1.45 bits per heavy atom. The maximum atomic E-state index is 11.9. The number of esters is 1. The summed E-state index contributed by atoms with van der Waals surface area (Å²) in [5.74, 6) is -0.801. The lowest BCUT2D eigenvalue weighted by molar-refractivity contribution is -0.162. The number of carbonyl (C=O) groups excluding carboxylic acids is 2. The molecular formula is C14H21NO4S. The van der Waals surface area contributed by atoms with Gasteiger partial charge in [0.25, 0.3) is 5.91 Å². The van der Waals surface area contributed by atoms with Gasteiger partial charge in [-0.3, -0.25) is 9.59 Å². The van der Waals surface area contributed by atoms with Gasteiger partial charge < -0.3 is 15.2 Å². The molecule has 0 saturated carbocycles. The van der Waals surface area contributed by atoms with Crippen molar-refractivity contribution in [1.29, 1.82) is 0 Å². The van der Waals surface area contributed by atoms with E-state index in [9.17, 15) is 14.7 Å². The highest BCUT2D eigenvalue weighted by atomic mass is 32.1. The van der Waals surface area contributed by atoms with Gasteiger partial charge in [0.05, 0.1) is 6.10 Å². The lowest BCUT2D eigenvalue weighted by Gasteiger charge is -2.23. The van der Waals surface area contributed by atoms with E-state index in [-0.39, 0.29) is 5.91 Å². The van der Waals surface area contributed by atoms with E-state index in [0.29, 0.717) is 13.0 Å². The number of thiophene rings is 1. The Kier molecular flexibility index (Phi) is 5.71. The van der Waals surface area contributed by atoms with Crippen molar-refractivity contribution in [2.24, 2.45) is 0 Å². The van der Waals surface area contributed by atoms with Crippen LogP contribution in [0.25, 0.3) is 0 Å². The Bertz CT molecular complexity index is 479. The normalized spacial score (nSPS) is 12.8. The van der Waals surface area contributed by atoms with Crippen LogP contribution in [0.4, 0.5) is 0 Å². The fourth-order valence-electron chi connectivity index (χ4n) is 1.67. The average molecular weight is 299 g/mol. The topological polar surface area (TPSA) is 75.6 Å². The number of carbonyl (C=O) groups is 2. The SMILES string of the molecule is CC(=O)OC(C)(C)C(=O)NCCc1ccc([C@H](C)O)s1. The molecule has 1 rings (SSSR count). The highest BCUT2D eigenvalue weighted by molar-refractivity contribution is 7.12. The molecule has 0 aromatic carbocycles. The molecule has 5 nitrogen and oxygen atoms in total. The largest absolute Gasteiger partial charge is 0.450 e. The zero-order chi connectivity index (χ0) is 15.3. The van der Waals surface area contributed by atoms with E-state index in [1.54, 1.807) is 20.8 Å². The van der Waals surface area contributed by atoms with E-state index >= 15 is 0 Å². The van der Waals surface area contributed by atoms with Crippen molar-refractivity contribution < 1.29 is 19.4 Å². The minimum absolute atomic E-state index is 0.319. The summed E-state index contributed by atoms with van der Waals surface area (Å²) in [5.41, 5.74) is -1.16. The molecule has 1 aromatic rings. The van der Waals surface area contributed by atoms with Gasteiger partial charge in [-0.15, -0.1) is 11.3 Å². The van der Waals surface area contributed by atoms with E-state index in [2.05, 4.69) is 5.32 Å². The summed E-state index contributed by atoms with van der Waals surface area (Å²) in [6, 6.07) is 3.82. The molecule has 0 radical (unpaired) electrons. The molecule has 20 heavy (non-hydrogen) atoms. The van der Waals surface area contributed by atoms with Crippen LogP contribution in [0.1, 0.15) is 43.6 Å². The first-order valence-electron chi connectivity index (χ1n) is 6.47. The Balaban J connectivity index is 2.43. The van der Waals surface area contributed by atoms with Crippen molar-refractivity contribution >= 4 is 23.2 Å². The molecule has 2 N–H and O–H groups in total. The molecule has 1 heterocycles. The van der Waals surface area contributed by atoms with Crippen LogP contribution in [-0.4, -0.2) is 29.1 Å². The first kappa shape index (κ1) is 16.7. The quantitative estimate of drug-likeness (QED) is 0.785. The average Bonchev–Trinajstić information content (AvgIpc) is 2.76. The Morgan fingerprint density at radius 2 is 2.10 bits per heavy atom. The second-order valence-electron chi connectivity index (χ2n) is 5.09. The molecule has 112 valence electrons. The van der Waals surface area contributed by atoms with Gasteiger partial charge in [0, 0.05) is 23.2 Å². The van der Waals surface area contributed by atoms with Gasteiger partial charge in [-0.25, -0.2) is 0 Å². The molecule has 1 atom stereocenters. The maximum Gasteiger partial charge on any atom is 0.303 e. The third-order valence-electron chi connectivity index (χ3n) is 2.70. The summed E-state index contributed by atoms with van der Waals surface area (Å²) in [5, 5.41) is 12.2. The zero-order valence-electron chi connectivity index (χ0n) is 12.2. The smallest absolute Gasteiger partial charge is 0.303 e. The lowest BCUT2D eigenvalue weighted by atomic mass is 10.1. The highest BCUT2D eigenvalue weighted by Gasteiger charge is 2.30. The van der Waals surface area contributed by atoms with Gasteiger partial charge in [0.15, 0.2) is 5.60 Å². The number of rotatable bonds is 6. The van der Waals surface area contributed by atoms with Crippen LogP contribution < -0.4 is 5.32 Å². The summed E-state index contributed by atoms with van der Waals surface area (Å²) in [7, 11) is 0. The lowest BCUT2D eigenvalue weighted by Crippen LogP contribution is -2.45. The zero-order valence-corrected chi connectivity index (χ0v) is 13.0. The third kappa shape index (κ3) is 4.94. The van der Waals surface area contributed by atoms with Crippen molar-refractivity contribution in [3.05, 3.63) is 21.9 Å². The number of aliphatic hydroxyl groups excluding tert-OH is 1. The molecule has 0 bridgehead atoms. The number of aliphatic hydroxyl groups is 1. The highest BCUT2D eigenvalue weighted by Crippen LogP contribution is 2.23. The Labute approximate surface area is 123 Å². The molecule has 0 fully saturated rings. The first-order valence-corrected chi connectivity index (χ1v) is 7.28. The van der Waals surface area contributed by atoms with Crippen LogP contribution in [-0.2, 0) is 20.7 Å². The van der Waals surface area contributed by atoms with Gasteiger partial charge in [0.2, 0.25) is 0 Å². The summed E-state index contributed by atoms with van der Waals surface area (Å²) in [6.07, 6.45) is 0.213. The monoisotopic (exact) mass is 299 g/mol. The summed E-state index contributed by atoms with van der Waals surface area (Å²) in [4.78, 5) is 24.8. The van der Waals surface area contributed by atoms with Crippen molar-refractivity contribution in [2.75, 3.05) is 6.54 Å². The Hall–Kier alpha value is -1.40. The minimum atomic E-state index is -1.16. The summed E-state index contributed by atoms with van der Waals surface area (Å²) < 4.78 is 4.96. The van der Waals surface area contributed by atoms with Crippen LogP contribution >= 0.6 is 11.3 Å². The molecule has 1 aromatic heterocycles. The van der Waals surface area contributed by atoms with E-state index in [1.165, 1.54) is 18.3 Å². The van der Waals surface area contributed by atoms with Crippen molar-refractivity contribution in [3.63, 3.8) is 0 Å².